The molecule has 28 heavy (non-hydrogen) atoms. The number of anilines is 1. The number of carbonyl (C=O) groups is 1. The van der Waals surface area contributed by atoms with E-state index in [1.54, 1.807) is 50.4 Å². The van der Waals surface area contributed by atoms with Crippen LogP contribution in [0.3, 0.4) is 0 Å². The van der Waals surface area contributed by atoms with Crippen molar-refractivity contribution >= 4 is 28.6 Å². The summed E-state index contributed by atoms with van der Waals surface area (Å²) in [5.74, 6) is 1.04. The van der Waals surface area contributed by atoms with E-state index in [1.807, 2.05) is 5.38 Å². The summed E-state index contributed by atoms with van der Waals surface area (Å²) < 4.78 is 10.8. The van der Waals surface area contributed by atoms with Crippen LogP contribution >= 0.6 is 11.3 Å². The Morgan fingerprint density at radius 2 is 1.86 bits per heavy atom. The summed E-state index contributed by atoms with van der Waals surface area (Å²) in [5, 5.41) is 15.6. The molecule has 0 aliphatic rings. The molecule has 0 saturated carbocycles. The average molecular weight is 398 g/mol. The highest BCUT2D eigenvalue weighted by molar-refractivity contribution is 7.12. The van der Waals surface area contributed by atoms with Crippen molar-refractivity contribution in [3.05, 3.63) is 80.0 Å². The molecular formula is C20H18N2O5S. The van der Waals surface area contributed by atoms with Crippen LogP contribution in [0.4, 0.5) is 11.4 Å². The van der Waals surface area contributed by atoms with E-state index in [1.165, 1.54) is 23.5 Å². The van der Waals surface area contributed by atoms with Crippen LogP contribution in [0.5, 0.6) is 11.5 Å². The van der Waals surface area contributed by atoms with E-state index in [9.17, 15) is 14.9 Å². The van der Waals surface area contributed by atoms with Gasteiger partial charge in [-0.2, -0.15) is 0 Å². The van der Waals surface area contributed by atoms with Crippen molar-refractivity contribution in [3.63, 3.8) is 0 Å². The van der Waals surface area contributed by atoms with Gasteiger partial charge in [-0.3, -0.25) is 14.9 Å². The molecule has 0 bridgehead atoms. The molecule has 1 aromatic heterocycles. The third-order valence-electron chi connectivity index (χ3n) is 3.94. The SMILES string of the molecule is COc1ccc(OCc2csc(C(=O)Nc3ccc(C)cc3[N+](=O)[O-])c2)cc1. The van der Waals surface area contributed by atoms with Crippen LogP contribution in [-0.2, 0) is 6.61 Å². The second-order valence-electron chi connectivity index (χ2n) is 6.02. The molecular weight excluding hydrogens is 380 g/mol. The maximum absolute atomic E-state index is 12.5. The zero-order chi connectivity index (χ0) is 20.1. The molecule has 0 radical (unpaired) electrons. The summed E-state index contributed by atoms with van der Waals surface area (Å²) in [7, 11) is 1.60. The van der Waals surface area contributed by atoms with Gasteiger partial charge in [0, 0.05) is 11.6 Å². The van der Waals surface area contributed by atoms with Gasteiger partial charge in [0.15, 0.2) is 0 Å². The first-order chi connectivity index (χ1) is 13.5. The highest BCUT2D eigenvalue weighted by Crippen LogP contribution is 2.27. The third kappa shape index (κ3) is 4.66. The lowest BCUT2D eigenvalue weighted by atomic mass is 10.2. The minimum atomic E-state index is -0.509. The summed E-state index contributed by atoms with van der Waals surface area (Å²) in [6.45, 7) is 2.06. The minimum absolute atomic E-state index is 0.132. The highest BCUT2D eigenvalue weighted by atomic mass is 32.1. The smallest absolute Gasteiger partial charge is 0.293 e. The number of nitrogens with one attached hydrogen (secondary N) is 1. The van der Waals surface area contributed by atoms with Gasteiger partial charge in [-0.15, -0.1) is 11.3 Å². The molecule has 8 heteroatoms. The molecule has 0 fully saturated rings. The molecule has 0 aliphatic carbocycles. The van der Waals surface area contributed by atoms with Crippen LogP contribution in [0.1, 0.15) is 20.8 Å². The number of amides is 1. The third-order valence-corrected chi connectivity index (χ3v) is 4.92. The number of nitro groups is 1. The largest absolute Gasteiger partial charge is 0.497 e. The maximum Gasteiger partial charge on any atom is 0.293 e. The quantitative estimate of drug-likeness (QED) is 0.456. The second kappa shape index (κ2) is 8.53. The van der Waals surface area contributed by atoms with E-state index < -0.39 is 10.8 Å². The Kier molecular flexibility index (Phi) is 5.90. The number of benzene rings is 2. The van der Waals surface area contributed by atoms with Gasteiger partial charge in [-0.1, -0.05) is 6.07 Å². The number of hydrogen-bond acceptors (Lipinski definition) is 6. The van der Waals surface area contributed by atoms with E-state index in [4.69, 9.17) is 9.47 Å². The van der Waals surface area contributed by atoms with Crippen molar-refractivity contribution in [2.75, 3.05) is 12.4 Å². The van der Waals surface area contributed by atoms with Crippen LogP contribution in [0.25, 0.3) is 0 Å². The van der Waals surface area contributed by atoms with Crippen molar-refractivity contribution in [3.8, 4) is 11.5 Å². The number of aryl methyl sites for hydroxylation is 1. The fraction of sp³-hybridized carbons (Fsp3) is 0.150. The van der Waals surface area contributed by atoms with Gasteiger partial charge >= 0.3 is 0 Å². The molecule has 1 amide bonds. The normalized spacial score (nSPS) is 10.4. The first-order valence-electron chi connectivity index (χ1n) is 8.37. The van der Waals surface area contributed by atoms with Crippen LogP contribution in [0.2, 0.25) is 0 Å². The number of nitrogens with zero attached hydrogens (tertiary/aromatic N) is 1. The van der Waals surface area contributed by atoms with Crippen LogP contribution in [-0.4, -0.2) is 17.9 Å². The van der Waals surface area contributed by atoms with Crippen LogP contribution in [0, 0.1) is 17.0 Å². The Morgan fingerprint density at radius 1 is 1.14 bits per heavy atom. The number of ether oxygens (including phenoxy) is 2. The van der Waals surface area contributed by atoms with Gasteiger partial charge in [0.05, 0.1) is 16.9 Å². The van der Waals surface area contributed by atoms with Crippen molar-refractivity contribution in [2.24, 2.45) is 0 Å². The van der Waals surface area contributed by atoms with Crippen molar-refractivity contribution < 1.29 is 19.2 Å². The van der Waals surface area contributed by atoms with Gasteiger partial charge in [-0.05, 0) is 54.3 Å². The fourth-order valence-electron chi connectivity index (χ4n) is 2.49. The average Bonchev–Trinajstić information content (AvgIpc) is 3.17. The first kappa shape index (κ1) is 19.4. The molecule has 1 heterocycles. The number of rotatable bonds is 7. The second-order valence-corrected chi connectivity index (χ2v) is 6.93. The summed E-state index contributed by atoms with van der Waals surface area (Å²) in [5.41, 5.74) is 1.63. The lowest BCUT2D eigenvalue weighted by Gasteiger charge is -2.06. The lowest BCUT2D eigenvalue weighted by molar-refractivity contribution is -0.384. The van der Waals surface area contributed by atoms with E-state index in [0.29, 0.717) is 17.2 Å². The molecule has 1 N–H and O–H groups in total. The summed E-state index contributed by atoms with van der Waals surface area (Å²) in [6, 6.07) is 13.6. The molecule has 0 aliphatic heterocycles. The standard InChI is InChI=1S/C20H18N2O5S/c1-13-3-8-17(18(9-13)22(24)25)21-20(23)19-10-14(12-28-19)11-27-16-6-4-15(26-2)5-7-16/h3-10,12H,11H2,1-2H3,(H,21,23). The van der Waals surface area contributed by atoms with Crippen LogP contribution in [0.15, 0.2) is 53.9 Å². The predicted molar refractivity (Wildman–Crippen MR) is 107 cm³/mol. The van der Waals surface area contributed by atoms with Crippen molar-refractivity contribution in [2.45, 2.75) is 13.5 Å². The van der Waals surface area contributed by atoms with E-state index >= 15 is 0 Å². The molecule has 0 saturated heterocycles. The molecule has 0 atom stereocenters. The molecule has 0 unspecified atom stereocenters. The lowest BCUT2D eigenvalue weighted by Crippen LogP contribution is -2.11. The Bertz CT molecular complexity index is 998. The number of thiophene rings is 1. The van der Waals surface area contributed by atoms with Gasteiger partial charge in [0.1, 0.15) is 23.8 Å². The van der Waals surface area contributed by atoms with E-state index in [0.717, 1.165) is 16.9 Å². The molecule has 144 valence electrons. The number of hydrogen-bond donors (Lipinski definition) is 1. The first-order valence-corrected chi connectivity index (χ1v) is 9.25. The highest BCUT2D eigenvalue weighted by Gasteiger charge is 2.18. The van der Waals surface area contributed by atoms with Gasteiger partial charge in [0.25, 0.3) is 11.6 Å². The zero-order valence-corrected chi connectivity index (χ0v) is 16.1. The number of methoxy groups -OCH3 is 1. The molecule has 3 aromatic rings. The van der Waals surface area contributed by atoms with E-state index in [-0.39, 0.29) is 11.4 Å². The van der Waals surface area contributed by atoms with Gasteiger partial charge in [-0.25, -0.2) is 0 Å². The molecule has 2 aromatic carbocycles. The van der Waals surface area contributed by atoms with Crippen LogP contribution < -0.4 is 14.8 Å². The Morgan fingerprint density at radius 3 is 2.54 bits per heavy atom. The molecule has 7 nitrogen and oxygen atoms in total. The Hall–Kier alpha value is -3.39. The summed E-state index contributed by atoms with van der Waals surface area (Å²) >= 11 is 1.25. The number of nitro benzene ring substituents is 1. The maximum atomic E-state index is 12.5. The Labute approximate surface area is 165 Å². The topological polar surface area (TPSA) is 90.7 Å². The van der Waals surface area contributed by atoms with Gasteiger partial charge < -0.3 is 14.8 Å². The van der Waals surface area contributed by atoms with E-state index in [2.05, 4.69) is 5.32 Å². The predicted octanol–water partition coefficient (Wildman–Crippen LogP) is 4.80. The minimum Gasteiger partial charge on any atom is -0.497 e. The summed E-state index contributed by atoms with van der Waals surface area (Å²) in [6.07, 6.45) is 0. The monoisotopic (exact) mass is 398 g/mol. The van der Waals surface area contributed by atoms with Crippen molar-refractivity contribution in [1.29, 1.82) is 0 Å². The Balaban J connectivity index is 1.64. The van der Waals surface area contributed by atoms with Crippen molar-refractivity contribution in [1.82, 2.24) is 0 Å². The zero-order valence-electron chi connectivity index (χ0n) is 15.3. The summed E-state index contributed by atoms with van der Waals surface area (Å²) in [4.78, 5) is 23.6. The molecule has 0 spiro atoms. The molecule has 3 rings (SSSR count). The fourth-order valence-corrected chi connectivity index (χ4v) is 3.28. The van der Waals surface area contributed by atoms with Gasteiger partial charge in [0.2, 0.25) is 0 Å². The number of carbonyl (C=O) groups excluding carboxylic acids is 1.